The van der Waals surface area contributed by atoms with E-state index in [9.17, 15) is 0 Å². The molecule has 1 aliphatic rings. The Morgan fingerprint density at radius 3 is 3.20 bits per heavy atom. The molecule has 0 spiro atoms. The molecule has 0 unspecified atom stereocenters. The molecule has 4 nitrogen and oxygen atoms in total. The van der Waals surface area contributed by atoms with E-state index in [-0.39, 0.29) is 0 Å². The first-order valence-corrected chi connectivity index (χ1v) is 5.51. The summed E-state index contributed by atoms with van der Waals surface area (Å²) >= 11 is 0. The summed E-state index contributed by atoms with van der Waals surface area (Å²) in [4.78, 5) is 6.75. The first-order chi connectivity index (χ1) is 7.42. The average Bonchev–Trinajstić information content (AvgIpc) is 2.57. The van der Waals surface area contributed by atoms with E-state index >= 15 is 0 Å². The fourth-order valence-corrected chi connectivity index (χ4v) is 1.93. The van der Waals surface area contributed by atoms with Crippen LogP contribution in [0.3, 0.4) is 0 Å². The summed E-state index contributed by atoms with van der Waals surface area (Å²) in [6.07, 6.45) is 3.01. The molecule has 15 heavy (non-hydrogen) atoms. The first-order valence-electron chi connectivity index (χ1n) is 5.51. The van der Waals surface area contributed by atoms with Gasteiger partial charge in [-0.15, -0.1) is 0 Å². The van der Waals surface area contributed by atoms with Crippen LogP contribution in [0.5, 0.6) is 0 Å². The standard InChI is InChI=1S/C11H18N4/c12-9-10-3-1-5-14-11(10)15-7-2-4-13-6-8-15/h1,3,5,13H,2,4,6-9,12H2. The zero-order valence-corrected chi connectivity index (χ0v) is 8.95. The highest BCUT2D eigenvalue weighted by Gasteiger charge is 2.13. The van der Waals surface area contributed by atoms with Crippen molar-refractivity contribution in [2.75, 3.05) is 31.1 Å². The molecule has 0 aliphatic carbocycles. The Morgan fingerprint density at radius 2 is 2.33 bits per heavy atom. The van der Waals surface area contributed by atoms with E-state index in [1.54, 1.807) is 0 Å². The van der Waals surface area contributed by atoms with Crippen molar-refractivity contribution in [3.63, 3.8) is 0 Å². The van der Waals surface area contributed by atoms with Gasteiger partial charge in [-0.25, -0.2) is 4.98 Å². The minimum absolute atomic E-state index is 0.563. The van der Waals surface area contributed by atoms with Crippen LogP contribution in [0, 0.1) is 0 Å². The maximum absolute atomic E-state index is 5.71. The molecule has 0 saturated carbocycles. The second-order valence-electron chi connectivity index (χ2n) is 3.78. The SMILES string of the molecule is NCc1cccnc1N1CCCNCC1. The highest BCUT2D eigenvalue weighted by atomic mass is 15.2. The van der Waals surface area contributed by atoms with Crippen LogP contribution in [0.25, 0.3) is 0 Å². The molecule has 82 valence electrons. The lowest BCUT2D eigenvalue weighted by atomic mass is 10.2. The van der Waals surface area contributed by atoms with Crippen molar-refractivity contribution < 1.29 is 0 Å². The number of anilines is 1. The summed E-state index contributed by atoms with van der Waals surface area (Å²) in [5, 5.41) is 3.38. The van der Waals surface area contributed by atoms with Crippen molar-refractivity contribution in [3.8, 4) is 0 Å². The van der Waals surface area contributed by atoms with Gasteiger partial charge < -0.3 is 16.0 Å². The van der Waals surface area contributed by atoms with Gasteiger partial charge in [0, 0.05) is 37.9 Å². The predicted molar refractivity (Wildman–Crippen MR) is 61.8 cm³/mol. The highest BCUT2D eigenvalue weighted by Crippen LogP contribution is 2.17. The normalized spacial score (nSPS) is 17.5. The molecule has 1 aromatic rings. The van der Waals surface area contributed by atoms with Crippen LogP contribution in [0.4, 0.5) is 5.82 Å². The number of hydrogen-bond donors (Lipinski definition) is 2. The summed E-state index contributed by atoms with van der Waals surface area (Å²) in [7, 11) is 0. The van der Waals surface area contributed by atoms with E-state index in [2.05, 4.69) is 21.3 Å². The summed E-state index contributed by atoms with van der Waals surface area (Å²) in [5.41, 5.74) is 6.85. The third kappa shape index (κ3) is 2.46. The minimum Gasteiger partial charge on any atom is -0.355 e. The molecule has 4 heteroatoms. The number of nitrogens with one attached hydrogen (secondary N) is 1. The molecule has 0 amide bonds. The lowest BCUT2D eigenvalue weighted by molar-refractivity contribution is 0.724. The molecule has 2 heterocycles. The Kier molecular flexibility index (Phi) is 3.53. The Hall–Kier alpha value is -1.13. The van der Waals surface area contributed by atoms with Gasteiger partial charge in [-0.2, -0.15) is 0 Å². The zero-order chi connectivity index (χ0) is 10.5. The van der Waals surface area contributed by atoms with Gasteiger partial charge in [-0.05, 0) is 19.0 Å². The number of rotatable bonds is 2. The van der Waals surface area contributed by atoms with Gasteiger partial charge in [-0.3, -0.25) is 0 Å². The summed E-state index contributed by atoms with van der Waals surface area (Å²) < 4.78 is 0. The third-order valence-electron chi connectivity index (χ3n) is 2.73. The molecule has 0 atom stereocenters. The Morgan fingerprint density at radius 1 is 1.40 bits per heavy atom. The van der Waals surface area contributed by atoms with Crippen LogP contribution in [0.2, 0.25) is 0 Å². The maximum Gasteiger partial charge on any atom is 0.133 e. The smallest absolute Gasteiger partial charge is 0.133 e. The number of nitrogens with two attached hydrogens (primary N) is 1. The first kappa shape index (κ1) is 10.4. The van der Waals surface area contributed by atoms with E-state index in [0.717, 1.165) is 37.6 Å². The molecule has 1 fully saturated rings. The molecule has 0 aromatic carbocycles. The van der Waals surface area contributed by atoms with Crippen LogP contribution in [0.1, 0.15) is 12.0 Å². The number of hydrogen-bond acceptors (Lipinski definition) is 4. The fourth-order valence-electron chi connectivity index (χ4n) is 1.93. The van der Waals surface area contributed by atoms with Gasteiger partial charge in [0.25, 0.3) is 0 Å². The Labute approximate surface area is 90.5 Å². The second-order valence-corrected chi connectivity index (χ2v) is 3.78. The van der Waals surface area contributed by atoms with Crippen molar-refractivity contribution in [1.82, 2.24) is 10.3 Å². The monoisotopic (exact) mass is 206 g/mol. The predicted octanol–water partition coefficient (Wildman–Crippen LogP) is 0.340. The molecular formula is C11H18N4. The second kappa shape index (κ2) is 5.09. The Balaban J connectivity index is 2.18. The van der Waals surface area contributed by atoms with Gasteiger partial charge in [0.05, 0.1) is 0 Å². The van der Waals surface area contributed by atoms with Gasteiger partial charge in [0.2, 0.25) is 0 Å². The molecule has 1 aliphatic heterocycles. The van der Waals surface area contributed by atoms with Gasteiger partial charge in [0.1, 0.15) is 5.82 Å². The van der Waals surface area contributed by atoms with Crippen molar-refractivity contribution in [1.29, 1.82) is 0 Å². The third-order valence-corrected chi connectivity index (χ3v) is 2.73. The molecule has 1 aromatic heterocycles. The van der Waals surface area contributed by atoms with E-state index in [4.69, 9.17) is 5.73 Å². The highest BCUT2D eigenvalue weighted by molar-refractivity contribution is 5.46. The van der Waals surface area contributed by atoms with Gasteiger partial charge in [0.15, 0.2) is 0 Å². The molecular weight excluding hydrogens is 188 g/mol. The molecule has 0 bridgehead atoms. The maximum atomic E-state index is 5.71. The lowest BCUT2D eigenvalue weighted by Gasteiger charge is -2.23. The van der Waals surface area contributed by atoms with Gasteiger partial charge in [-0.1, -0.05) is 6.07 Å². The molecule has 2 rings (SSSR count). The van der Waals surface area contributed by atoms with Crippen molar-refractivity contribution in [3.05, 3.63) is 23.9 Å². The minimum atomic E-state index is 0.563. The zero-order valence-electron chi connectivity index (χ0n) is 8.95. The van der Waals surface area contributed by atoms with Crippen LogP contribution in [0.15, 0.2) is 18.3 Å². The number of nitrogens with zero attached hydrogens (tertiary/aromatic N) is 2. The van der Waals surface area contributed by atoms with Crippen LogP contribution < -0.4 is 16.0 Å². The summed E-state index contributed by atoms with van der Waals surface area (Å²) in [6.45, 7) is 4.77. The Bertz CT molecular complexity index is 305. The topological polar surface area (TPSA) is 54.2 Å². The van der Waals surface area contributed by atoms with E-state index in [1.807, 2.05) is 12.3 Å². The van der Waals surface area contributed by atoms with Gasteiger partial charge >= 0.3 is 0 Å². The quantitative estimate of drug-likeness (QED) is 0.732. The van der Waals surface area contributed by atoms with Crippen LogP contribution in [-0.4, -0.2) is 31.2 Å². The van der Waals surface area contributed by atoms with E-state index in [1.165, 1.54) is 6.42 Å². The van der Waals surface area contributed by atoms with Crippen molar-refractivity contribution >= 4 is 5.82 Å². The van der Waals surface area contributed by atoms with E-state index < -0.39 is 0 Å². The summed E-state index contributed by atoms with van der Waals surface area (Å²) in [6, 6.07) is 4.00. The largest absolute Gasteiger partial charge is 0.355 e. The lowest BCUT2D eigenvalue weighted by Crippen LogP contribution is -2.29. The number of pyridine rings is 1. The summed E-state index contributed by atoms with van der Waals surface area (Å²) in [5.74, 6) is 1.06. The molecule has 0 radical (unpaired) electrons. The van der Waals surface area contributed by atoms with Crippen LogP contribution in [-0.2, 0) is 6.54 Å². The average molecular weight is 206 g/mol. The van der Waals surface area contributed by atoms with Crippen LogP contribution >= 0.6 is 0 Å². The van der Waals surface area contributed by atoms with Crippen molar-refractivity contribution in [2.45, 2.75) is 13.0 Å². The molecule has 3 N–H and O–H groups in total. The van der Waals surface area contributed by atoms with Crippen molar-refractivity contribution in [2.24, 2.45) is 5.73 Å². The van der Waals surface area contributed by atoms with E-state index in [0.29, 0.717) is 6.54 Å². The molecule has 1 saturated heterocycles. The fraction of sp³-hybridized carbons (Fsp3) is 0.545. The number of aromatic nitrogens is 1.